The van der Waals surface area contributed by atoms with E-state index in [0.717, 1.165) is 4.67 Å². The summed E-state index contributed by atoms with van der Waals surface area (Å²) in [4.78, 5) is 10.0. The number of nitrogens with zero attached hydrogens (tertiary/aromatic N) is 1. The van der Waals surface area contributed by atoms with Crippen molar-refractivity contribution in [3.8, 4) is 0 Å². The summed E-state index contributed by atoms with van der Waals surface area (Å²) in [6, 6.07) is 0. The third-order valence-corrected chi connectivity index (χ3v) is 1.32. The molecule has 0 rings (SSSR count). The first-order valence-electron chi connectivity index (χ1n) is 2.56. The van der Waals surface area contributed by atoms with Crippen molar-refractivity contribution in [1.29, 1.82) is 0 Å². The summed E-state index contributed by atoms with van der Waals surface area (Å²) in [5.41, 5.74) is 0. The van der Waals surface area contributed by atoms with Crippen LogP contribution in [0.25, 0.3) is 0 Å². The summed E-state index contributed by atoms with van der Waals surface area (Å²) in [5.74, 6) is 0. The molecule has 0 heterocycles. The lowest BCUT2D eigenvalue weighted by atomic mass is 10.5. The number of hydrogen-bond acceptors (Lipinski definition) is 2. The Labute approximate surface area is 54.7 Å². The maximum absolute atomic E-state index is 10.0. The fourth-order valence-electron chi connectivity index (χ4n) is 0.383. The van der Waals surface area contributed by atoms with Crippen LogP contribution in [0.4, 0.5) is 4.79 Å². The van der Waals surface area contributed by atoms with Gasteiger partial charge < -0.3 is 5.11 Å². The molecule has 0 saturated heterocycles. The maximum atomic E-state index is 10.0. The molecule has 9 heavy (non-hydrogen) atoms. The van der Waals surface area contributed by atoms with E-state index in [2.05, 4.69) is 0 Å². The van der Waals surface area contributed by atoms with E-state index in [0.29, 0.717) is 13.0 Å². The molecule has 0 bridgehead atoms. The van der Waals surface area contributed by atoms with Crippen LogP contribution in [0.15, 0.2) is 0 Å². The second kappa shape index (κ2) is 4.27. The van der Waals surface area contributed by atoms with E-state index in [1.54, 1.807) is 0 Å². The quantitative estimate of drug-likeness (QED) is 0.619. The zero-order valence-electron chi connectivity index (χ0n) is 5.07. The van der Waals surface area contributed by atoms with Crippen LogP contribution in [0.5, 0.6) is 0 Å². The molecule has 1 N–H and O–H groups in total. The molecular formula is C4H8NO3P. The van der Waals surface area contributed by atoms with E-state index in [4.69, 9.17) is 5.11 Å². The average molecular weight is 149 g/mol. The van der Waals surface area contributed by atoms with Gasteiger partial charge in [0, 0.05) is 6.54 Å². The van der Waals surface area contributed by atoms with Crippen molar-refractivity contribution in [3.63, 3.8) is 0 Å². The Hall–Kier alpha value is -0.630. The Morgan fingerprint density at radius 1 is 1.78 bits per heavy atom. The molecule has 0 unspecified atom stereocenters. The first-order valence-corrected chi connectivity index (χ1v) is 3.32. The van der Waals surface area contributed by atoms with Gasteiger partial charge in [0.15, 0.2) is 0 Å². The topological polar surface area (TPSA) is 57.6 Å². The van der Waals surface area contributed by atoms with Crippen LogP contribution in [-0.2, 0) is 4.57 Å². The summed E-state index contributed by atoms with van der Waals surface area (Å²) in [5, 5.41) is 8.22. The summed E-state index contributed by atoms with van der Waals surface area (Å²) in [6.45, 7) is 2.14. The number of hydrogen-bond donors (Lipinski definition) is 1. The van der Waals surface area contributed by atoms with E-state index < -0.39 is 14.7 Å². The highest BCUT2D eigenvalue weighted by Gasteiger charge is 2.08. The van der Waals surface area contributed by atoms with Gasteiger partial charge in [-0.3, -0.25) is 0 Å². The molecule has 1 amide bonds. The maximum Gasteiger partial charge on any atom is 0.417 e. The summed E-state index contributed by atoms with van der Waals surface area (Å²) in [7, 11) is -0.447. The normalized spacial score (nSPS) is 9.44. The second-order valence-corrected chi connectivity index (χ2v) is 2.13. The van der Waals surface area contributed by atoms with Gasteiger partial charge >= 0.3 is 6.09 Å². The molecule has 52 valence electrons. The van der Waals surface area contributed by atoms with Crippen LogP contribution >= 0.6 is 8.61 Å². The highest BCUT2D eigenvalue weighted by molar-refractivity contribution is 7.21. The zero-order valence-corrected chi connectivity index (χ0v) is 5.97. The molecule has 0 fully saturated rings. The molecular weight excluding hydrogens is 141 g/mol. The van der Waals surface area contributed by atoms with Gasteiger partial charge in [0.1, 0.15) is 0 Å². The van der Waals surface area contributed by atoms with Crippen molar-refractivity contribution >= 4 is 14.7 Å². The molecule has 0 spiro atoms. The molecule has 0 atom stereocenters. The van der Waals surface area contributed by atoms with Crippen molar-refractivity contribution in [1.82, 2.24) is 4.67 Å². The lowest BCUT2D eigenvalue weighted by molar-refractivity contribution is 0.173. The van der Waals surface area contributed by atoms with Gasteiger partial charge in [0.05, 0.1) is 0 Å². The van der Waals surface area contributed by atoms with Crippen LogP contribution in [0.2, 0.25) is 0 Å². The van der Waals surface area contributed by atoms with Crippen LogP contribution in [0.3, 0.4) is 0 Å². The predicted octanol–water partition coefficient (Wildman–Crippen LogP) is 1.58. The van der Waals surface area contributed by atoms with Gasteiger partial charge in [-0.1, -0.05) is 6.92 Å². The summed E-state index contributed by atoms with van der Waals surface area (Å²) >= 11 is 0. The van der Waals surface area contributed by atoms with E-state index in [1.165, 1.54) is 0 Å². The van der Waals surface area contributed by atoms with E-state index >= 15 is 0 Å². The van der Waals surface area contributed by atoms with Crippen molar-refractivity contribution in [2.45, 2.75) is 13.3 Å². The Bertz CT molecular complexity index is 116. The SMILES string of the molecule is CCCN(P=O)C(=O)O. The average Bonchev–Trinajstić information content (AvgIpc) is 1.82. The largest absolute Gasteiger partial charge is 0.464 e. The molecule has 0 aliphatic rings. The van der Waals surface area contributed by atoms with E-state index in [1.807, 2.05) is 6.92 Å². The van der Waals surface area contributed by atoms with Crippen LogP contribution in [0.1, 0.15) is 13.3 Å². The molecule has 0 aliphatic carbocycles. The lowest BCUT2D eigenvalue weighted by Gasteiger charge is -2.05. The molecule has 0 radical (unpaired) electrons. The smallest absolute Gasteiger partial charge is 0.417 e. The number of rotatable bonds is 3. The first-order chi connectivity index (χ1) is 4.22. The summed E-state index contributed by atoms with van der Waals surface area (Å²) in [6.07, 6.45) is -0.463. The standard InChI is InChI=1S/C4H8NO3P/c1-2-3-5(9-8)4(6)7/h2-3H2,1H3,(H,6,7). The Balaban J connectivity index is 3.68. The van der Waals surface area contributed by atoms with E-state index in [9.17, 15) is 9.36 Å². The third-order valence-electron chi connectivity index (χ3n) is 0.755. The summed E-state index contributed by atoms with van der Waals surface area (Å²) < 4.78 is 10.8. The predicted molar refractivity (Wildman–Crippen MR) is 32.6 cm³/mol. The first kappa shape index (κ1) is 8.37. The van der Waals surface area contributed by atoms with Gasteiger partial charge in [-0.2, -0.15) is 0 Å². The third kappa shape index (κ3) is 3.03. The van der Waals surface area contributed by atoms with Gasteiger partial charge in [-0.25, -0.2) is 14.0 Å². The lowest BCUT2D eigenvalue weighted by Crippen LogP contribution is -2.19. The number of carbonyl (C=O) groups is 1. The van der Waals surface area contributed by atoms with Crippen LogP contribution in [-0.4, -0.2) is 22.4 Å². The molecule has 5 heteroatoms. The van der Waals surface area contributed by atoms with Gasteiger partial charge in [0.25, 0.3) is 8.61 Å². The van der Waals surface area contributed by atoms with Crippen LogP contribution in [0, 0.1) is 0 Å². The Morgan fingerprint density at radius 3 is 2.44 bits per heavy atom. The fourth-order valence-corrected chi connectivity index (χ4v) is 0.735. The molecule has 0 aromatic heterocycles. The minimum absolute atomic E-state index is 0.320. The minimum atomic E-state index is -1.14. The van der Waals surface area contributed by atoms with Crippen molar-refractivity contribution in [2.75, 3.05) is 6.54 Å². The highest BCUT2D eigenvalue weighted by Crippen LogP contribution is 2.04. The van der Waals surface area contributed by atoms with Crippen LogP contribution < -0.4 is 0 Å². The number of carboxylic acid groups (broad SMARTS) is 1. The van der Waals surface area contributed by atoms with Crippen molar-refractivity contribution in [3.05, 3.63) is 0 Å². The van der Waals surface area contributed by atoms with Crippen molar-refractivity contribution in [2.24, 2.45) is 0 Å². The Kier molecular flexibility index (Phi) is 3.97. The fraction of sp³-hybridized carbons (Fsp3) is 0.750. The molecule has 4 nitrogen and oxygen atoms in total. The minimum Gasteiger partial charge on any atom is -0.464 e. The van der Waals surface area contributed by atoms with Gasteiger partial charge in [-0.05, 0) is 6.42 Å². The molecule has 0 saturated carbocycles. The monoisotopic (exact) mass is 149 g/mol. The zero-order chi connectivity index (χ0) is 7.28. The van der Waals surface area contributed by atoms with Gasteiger partial charge in [-0.15, -0.1) is 0 Å². The van der Waals surface area contributed by atoms with Crippen molar-refractivity contribution < 1.29 is 14.5 Å². The Morgan fingerprint density at radius 2 is 2.33 bits per heavy atom. The highest BCUT2D eigenvalue weighted by atomic mass is 31.1. The molecule has 0 aromatic carbocycles. The second-order valence-electron chi connectivity index (χ2n) is 1.49. The van der Waals surface area contributed by atoms with E-state index in [-0.39, 0.29) is 0 Å². The number of amides is 1. The van der Waals surface area contributed by atoms with Gasteiger partial charge in [0.2, 0.25) is 0 Å². The molecule has 0 aromatic rings. The molecule has 0 aliphatic heterocycles.